The van der Waals surface area contributed by atoms with Gasteiger partial charge >= 0.3 is 12.0 Å². The van der Waals surface area contributed by atoms with Gasteiger partial charge in [-0.3, -0.25) is 4.79 Å². The minimum atomic E-state index is -0.939. The molecule has 2 rings (SSSR count). The van der Waals surface area contributed by atoms with E-state index in [-0.39, 0.29) is 24.7 Å². The molecular weight excluding hydrogens is 260 g/mol. The summed E-state index contributed by atoms with van der Waals surface area (Å²) in [5, 5.41) is 9.05. The third-order valence-corrected chi connectivity index (χ3v) is 4.36. The molecule has 0 bridgehead atoms. The van der Waals surface area contributed by atoms with E-state index in [1.807, 2.05) is 0 Å². The Bertz CT molecular complexity index is 349. The lowest BCUT2D eigenvalue weighted by molar-refractivity contribution is -0.138. The predicted octanol–water partition coefficient (Wildman–Crippen LogP) is 1.55. The fraction of sp³-hybridized carbons (Fsp3) is 0.857. The Morgan fingerprint density at radius 1 is 1.10 bits per heavy atom. The summed E-state index contributed by atoms with van der Waals surface area (Å²) in [6.07, 6.45) is 5.65. The molecule has 0 atom stereocenters. The van der Waals surface area contributed by atoms with Crippen LogP contribution in [0.5, 0.6) is 0 Å². The van der Waals surface area contributed by atoms with Crippen LogP contribution in [0, 0.1) is 0 Å². The number of carboxylic acids is 1. The van der Waals surface area contributed by atoms with Crippen LogP contribution in [0.1, 0.15) is 38.5 Å². The zero-order chi connectivity index (χ0) is 14.5. The van der Waals surface area contributed by atoms with Crippen LogP contribution in [0.4, 0.5) is 4.79 Å². The highest BCUT2D eigenvalue weighted by molar-refractivity contribution is 5.80. The van der Waals surface area contributed by atoms with Crippen LogP contribution < -0.4 is 0 Å². The first-order valence-electron chi connectivity index (χ1n) is 7.42. The van der Waals surface area contributed by atoms with E-state index in [1.165, 1.54) is 0 Å². The molecule has 0 unspecified atom stereocenters. The van der Waals surface area contributed by atoms with Crippen molar-refractivity contribution in [1.29, 1.82) is 0 Å². The molecule has 20 heavy (non-hydrogen) atoms. The molecule has 6 nitrogen and oxygen atoms in total. The largest absolute Gasteiger partial charge is 0.480 e. The molecule has 1 aliphatic carbocycles. The predicted molar refractivity (Wildman–Crippen MR) is 73.6 cm³/mol. The van der Waals surface area contributed by atoms with Gasteiger partial charge in [0.1, 0.15) is 6.54 Å². The van der Waals surface area contributed by atoms with Crippen molar-refractivity contribution in [2.45, 2.75) is 50.6 Å². The Balaban J connectivity index is 2.01. The summed E-state index contributed by atoms with van der Waals surface area (Å²) in [6, 6.07) is 0.0982. The molecule has 2 amide bonds. The van der Waals surface area contributed by atoms with E-state index in [1.54, 1.807) is 16.8 Å². The van der Waals surface area contributed by atoms with E-state index in [0.29, 0.717) is 13.2 Å². The summed E-state index contributed by atoms with van der Waals surface area (Å²) in [6.45, 7) is 1.15. The normalized spacial score (nSPS) is 20.9. The van der Waals surface area contributed by atoms with Gasteiger partial charge in [0.15, 0.2) is 0 Å². The molecule has 6 heteroatoms. The van der Waals surface area contributed by atoms with Gasteiger partial charge in [-0.25, -0.2) is 4.79 Å². The van der Waals surface area contributed by atoms with Crippen LogP contribution in [0.3, 0.4) is 0 Å². The zero-order valence-corrected chi connectivity index (χ0v) is 12.1. The Hall–Kier alpha value is -1.30. The second-order valence-corrected chi connectivity index (χ2v) is 5.70. The summed E-state index contributed by atoms with van der Waals surface area (Å²) in [7, 11) is 1.78. The van der Waals surface area contributed by atoms with Crippen molar-refractivity contribution in [2.75, 3.05) is 26.8 Å². The molecule has 0 aromatic rings. The van der Waals surface area contributed by atoms with Gasteiger partial charge < -0.3 is 19.6 Å². The number of ether oxygens (including phenoxy) is 1. The zero-order valence-electron chi connectivity index (χ0n) is 12.1. The van der Waals surface area contributed by atoms with E-state index in [2.05, 4.69) is 0 Å². The molecule has 2 aliphatic rings. The lowest BCUT2D eigenvalue weighted by atomic mass is 10.1. The highest BCUT2D eigenvalue weighted by Gasteiger charge is 2.32. The lowest BCUT2D eigenvalue weighted by Crippen LogP contribution is -2.52. The van der Waals surface area contributed by atoms with Gasteiger partial charge in [-0.15, -0.1) is 0 Å². The minimum Gasteiger partial charge on any atom is -0.480 e. The highest BCUT2D eigenvalue weighted by Crippen LogP contribution is 2.25. The van der Waals surface area contributed by atoms with Crippen LogP contribution in [0.15, 0.2) is 0 Å². The molecule has 0 spiro atoms. The van der Waals surface area contributed by atoms with E-state index in [9.17, 15) is 9.59 Å². The maximum absolute atomic E-state index is 12.6. The van der Waals surface area contributed by atoms with Crippen LogP contribution in [-0.2, 0) is 9.53 Å². The molecule has 0 radical (unpaired) electrons. The first kappa shape index (κ1) is 15.1. The summed E-state index contributed by atoms with van der Waals surface area (Å²) >= 11 is 0. The van der Waals surface area contributed by atoms with E-state index < -0.39 is 5.97 Å². The number of amides is 2. The minimum absolute atomic E-state index is 0.0842. The van der Waals surface area contributed by atoms with Gasteiger partial charge in [-0.05, 0) is 25.7 Å². The number of urea groups is 1. The topological polar surface area (TPSA) is 70.1 Å². The number of carbonyl (C=O) groups is 2. The van der Waals surface area contributed by atoms with Gasteiger partial charge in [0, 0.05) is 32.3 Å². The third kappa shape index (κ3) is 3.62. The number of hydrogen-bond acceptors (Lipinski definition) is 3. The fourth-order valence-corrected chi connectivity index (χ4v) is 3.15. The third-order valence-electron chi connectivity index (χ3n) is 4.36. The van der Waals surface area contributed by atoms with Crippen molar-refractivity contribution in [3.63, 3.8) is 0 Å². The van der Waals surface area contributed by atoms with Crippen molar-refractivity contribution in [3.8, 4) is 0 Å². The van der Waals surface area contributed by atoms with Crippen molar-refractivity contribution < 1.29 is 19.4 Å². The maximum Gasteiger partial charge on any atom is 0.323 e. The van der Waals surface area contributed by atoms with Gasteiger partial charge in [0.25, 0.3) is 0 Å². The van der Waals surface area contributed by atoms with Crippen LogP contribution in [0.2, 0.25) is 0 Å². The molecule has 1 N–H and O–H groups in total. The molecule has 2 fully saturated rings. The van der Waals surface area contributed by atoms with Gasteiger partial charge in [-0.1, -0.05) is 12.8 Å². The van der Waals surface area contributed by atoms with E-state index in [4.69, 9.17) is 9.84 Å². The van der Waals surface area contributed by atoms with Crippen molar-refractivity contribution >= 4 is 12.0 Å². The number of carboxylic acid groups (broad SMARTS) is 1. The number of aliphatic carboxylic acids is 1. The fourth-order valence-electron chi connectivity index (χ4n) is 3.15. The number of carbonyl (C=O) groups excluding carboxylic acids is 1. The number of nitrogens with zero attached hydrogens (tertiary/aromatic N) is 2. The average Bonchev–Trinajstić information content (AvgIpc) is 2.98. The molecular formula is C14H24N2O4. The second-order valence-electron chi connectivity index (χ2n) is 5.70. The Morgan fingerprint density at radius 3 is 2.25 bits per heavy atom. The number of rotatable bonds is 4. The number of hydrogen-bond donors (Lipinski definition) is 1. The average molecular weight is 284 g/mol. The summed E-state index contributed by atoms with van der Waals surface area (Å²) in [4.78, 5) is 26.9. The van der Waals surface area contributed by atoms with Gasteiger partial charge in [0.05, 0.1) is 0 Å². The van der Waals surface area contributed by atoms with Crippen LogP contribution in [0.25, 0.3) is 0 Å². The molecule has 1 saturated carbocycles. The Labute approximate surface area is 119 Å². The molecule has 114 valence electrons. The van der Waals surface area contributed by atoms with Crippen LogP contribution >= 0.6 is 0 Å². The Morgan fingerprint density at radius 2 is 1.70 bits per heavy atom. The van der Waals surface area contributed by atoms with E-state index >= 15 is 0 Å². The van der Waals surface area contributed by atoms with Crippen molar-refractivity contribution in [3.05, 3.63) is 0 Å². The molecule has 0 aromatic carbocycles. The van der Waals surface area contributed by atoms with Gasteiger partial charge in [0.2, 0.25) is 0 Å². The van der Waals surface area contributed by atoms with Gasteiger partial charge in [-0.2, -0.15) is 0 Å². The summed E-state index contributed by atoms with van der Waals surface area (Å²) in [5.41, 5.74) is 0. The maximum atomic E-state index is 12.6. The lowest BCUT2D eigenvalue weighted by Gasteiger charge is -2.37. The smallest absolute Gasteiger partial charge is 0.323 e. The monoisotopic (exact) mass is 284 g/mol. The standard InChI is InChI=1S/C14H24N2O4/c1-15(11-6-8-20-9-7-11)14(19)16(10-13(17)18)12-4-2-3-5-12/h11-12H,2-10H2,1H3,(H,17,18). The summed E-state index contributed by atoms with van der Waals surface area (Å²) in [5.74, 6) is -0.939. The van der Waals surface area contributed by atoms with Crippen molar-refractivity contribution in [2.24, 2.45) is 0 Å². The second kappa shape index (κ2) is 6.92. The molecule has 0 aromatic heterocycles. The SMILES string of the molecule is CN(C(=O)N(CC(=O)O)C1CCCC1)C1CCOCC1. The first-order chi connectivity index (χ1) is 9.59. The Kier molecular flexibility index (Phi) is 5.23. The molecule has 1 heterocycles. The quantitative estimate of drug-likeness (QED) is 0.850. The van der Waals surface area contributed by atoms with E-state index in [0.717, 1.165) is 38.5 Å². The van der Waals surface area contributed by atoms with Crippen molar-refractivity contribution in [1.82, 2.24) is 9.80 Å². The first-order valence-corrected chi connectivity index (χ1v) is 7.42. The molecule has 1 aliphatic heterocycles. The highest BCUT2D eigenvalue weighted by atomic mass is 16.5. The van der Waals surface area contributed by atoms with Crippen LogP contribution in [-0.4, -0.2) is 65.8 Å². The molecule has 1 saturated heterocycles. The summed E-state index contributed by atoms with van der Waals surface area (Å²) < 4.78 is 5.31.